The molecule has 2 heterocycles. The van der Waals surface area contributed by atoms with Crippen molar-refractivity contribution in [3.05, 3.63) is 142 Å². The summed E-state index contributed by atoms with van der Waals surface area (Å²) in [5.74, 6) is 0. The van der Waals surface area contributed by atoms with Crippen LogP contribution in [0.4, 0.5) is 79.0 Å². The van der Waals surface area contributed by atoms with E-state index >= 15 is 0 Å². The fourth-order valence-electron chi connectivity index (χ4n) is 7.64. The third-order valence-corrected chi connectivity index (χ3v) is 10.5. The van der Waals surface area contributed by atoms with Gasteiger partial charge in [-0.3, -0.25) is 0 Å². The lowest BCUT2D eigenvalue weighted by molar-refractivity contribution is -0.143. The lowest BCUT2D eigenvalue weighted by atomic mass is 9.95. The first-order valence-corrected chi connectivity index (χ1v) is 17.8. The summed E-state index contributed by atoms with van der Waals surface area (Å²) in [7, 11) is 0. The number of fused-ring (bicyclic) bond motifs is 6. The zero-order valence-electron chi connectivity index (χ0n) is 31.0. The van der Waals surface area contributed by atoms with Gasteiger partial charge in [0.2, 0.25) is 0 Å². The number of nitrogens with zero attached hydrogens (tertiary/aromatic N) is 3. The number of halogens is 18. The second kappa shape index (κ2) is 14.1. The zero-order valence-corrected chi connectivity index (χ0v) is 31.0. The van der Waals surface area contributed by atoms with Crippen LogP contribution in [-0.2, 0) is 37.1 Å². The standard InChI is InChI=1S/C43H17F18N3/c44-38(45,46)21-1-5-27-28-6-2-22(39(47,48)49)14-35(28)63(34(27)13-21)32-17-31(19-9-25(42(56,57)58)12-26(10-19)43(59,60)61)33(11-20(32)18-62)64-36-15-23(40(50,51)52)3-7-29(36)30-8-4-24(16-37(30)64)41(53,54)55/h1-17H. The van der Waals surface area contributed by atoms with Crippen molar-refractivity contribution in [3.63, 3.8) is 0 Å². The van der Waals surface area contributed by atoms with Crippen LogP contribution in [0, 0.1) is 11.3 Å². The van der Waals surface area contributed by atoms with E-state index < -0.39 is 121 Å². The number of aromatic nitrogens is 2. The molecule has 0 saturated carbocycles. The molecule has 3 nitrogen and oxygen atoms in total. The highest BCUT2D eigenvalue weighted by Crippen LogP contribution is 2.47. The molecule has 6 aromatic carbocycles. The lowest BCUT2D eigenvalue weighted by Crippen LogP contribution is -2.12. The van der Waals surface area contributed by atoms with Crippen molar-refractivity contribution in [2.45, 2.75) is 37.1 Å². The van der Waals surface area contributed by atoms with Crippen LogP contribution in [0.25, 0.3) is 66.1 Å². The molecule has 0 N–H and O–H groups in total. The molecule has 0 atom stereocenters. The monoisotopic (exact) mass is 917 g/mol. The van der Waals surface area contributed by atoms with Gasteiger partial charge in [0.05, 0.1) is 72.4 Å². The average Bonchev–Trinajstić information content (AvgIpc) is 3.69. The van der Waals surface area contributed by atoms with E-state index in [1.165, 1.54) is 0 Å². The summed E-state index contributed by atoms with van der Waals surface area (Å²) in [4.78, 5) is 0. The highest BCUT2D eigenvalue weighted by molar-refractivity contribution is 6.11. The minimum absolute atomic E-state index is 0.134. The van der Waals surface area contributed by atoms with E-state index in [1.807, 2.05) is 0 Å². The first-order chi connectivity index (χ1) is 29.5. The van der Waals surface area contributed by atoms with Crippen molar-refractivity contribution >= 4 is 43.6 Å². The Morgan fingerprint density at radius 3 is 0.906 bits per heavy atom. The first kappa shape index (κ1) is 43.8. The Balaban J connectivity index is 1.62. The summed E-state index contributed by atoms with van der Waals surface area (Å²) in [6, 6.07) is 10.2. The number of hydrogen-bond acceptors (Lipinski definition) is 1. The summed E-state index contributed by atoms with van der Waals surface area (Å²) in [5, 5.41) is 9.78. The molecular weight excluding hydrogens is 900 g/mol. The van der Waals surface area contributed by atoms with E-state index in [-0.39, 0.29) is 39.7 Å². The summed E-state index contributed by atoms with van der Waals surface area (Å²) in [6.45, 7) is 0. The van der Waals surface area contributed by atoms with Gasteiger partial charge in [-0.05, 0) is 84.4 Å². The van der Waals surface area contributed by atoms with Crippen LogP contribution in [0.3, 0.4) is 0 Å². The van der Waals surface area contributed by atoms with Crippen molar-refractivity contribution in [3.8, 4) is 28.6 Å². The molecule has 0 saturated heterocycles. The van der Waals surface area contributed by atoms with E-state index in [4.69, 9.17) is 0 Å². The molecule has 2 aromatic heterocycles. The van der Waals surface area contributed by atoms with Crippen LogP contribution in [-0.4, -0.2) is 9.13 Å². The zero-order chi connectivity index (χ0) is 46.9. The summed E-state index contributed by atoms with van der Waals surface area (Å²) in [6.07, 6.45) is -31.7. The molecule has 0 amide bonds. The third kappa shape index (κ3) is 7.47. The highest BCUT2D eigenvalue weighted by atomic mass is 19.4. The minimum Gasteiger partial charge on any atom is -0.309 e. The maximum atomic E-state index is 14.4. The Bertz CT molecular complexity index is 3080. The van der Waals surface area contributed by atoms with Gasteiger partial charge in [0.15, 0.2) is 0 Å². The Kier molecular flexibility index (Phi) is 9.63. The van der Waals surface area contributed by atoms with Gasteiger partial charge in [0, 0.05) is 27.1 Å². The van der Waals surface area contributed by atoms with Gasteiger partial charge in [0.25, 0.3) is 0 Å². The Labute approximate surface area is 344 Å². The quantitative estimate of drug-likeness (QED) is 0.163. The van der Waals surface area contributed by atoms with Gasteiger partial charge in [-0.25, -0.2) is 0 Å². The Morgan fingerprint density at radius 2 is 0.625 bits per heavy atom. The van der Waals surface area contributed by atoms with Gasteiger partial charge in [-0.1, -0.05) is 24.3 Å². The van der Waals surface area contributed by atoms with E-state index in [0.717, 1.165) is 24.3 Å². The van der Waals surface area contributed by atoms with Gasteiger partial charge in [0.1, 0.15) is 6.07 Å². The maximum Gasteiger partial charge on any atom is 0.416 e. The van der Waals surface area contributed by atoms with Crippen LogP contribution < -0.4 is 0 Å². The molecule has 0 fully saturated rings. The maximum absolute atomic E-state index is 14.4. The largest absolute Gasteiger partial charge is 0.416 e. The lowest BCUT2D eigenvalue weighted by Gasteiger charge is -2.21. The van der Waals surface area contributed by atoms with Crippen molar-refractivity contribution in [2.24, 2.45) is 0 Å². The summed E-state index contributed by atoms with van der Waals surface area (Å²) >= 11 is 0. The van der Waals surface area contributed by atoms with Crippen molar-refractivity contribution in [1.82, 2.24) is 9.13 Å². The fourth-order valence-corrected chi connectivity index (χ4v) is 7.64. The van der Waals surface area contributed by atoms with E-state index in [0.29, 0.717) is 69.8 Å². The molecule has 8 aromatic rings. The molecule has 0 unspecified atom stereocenters. The predicted molar refractivity (Wildman–Crippen MR) is 195 cm³/mol. The molecule has 0 spiro atoms. The molecule has 8 rings (SSSR count). The molecule has 0 bridgehead atoms. The molecule has 0 aliphatic carbocycles. The number of nitriles is 1. The number of benzene rings is 6. The van der Waals surface area contributed by atoms with Crippen LogP contribution in [0.5, 0.6) is 0 Å². The molecule has 0 aliphatic rings. The fraction of sp³-hybridized carbons (Fsp3) is 0.140. The van der Waals surface area contributed by atoms with Crippen molar-refractivity contribution in [2.75, 3.05) is 0 Å². The second-order valence-corrected chi connectivity index (χ2v) is 14.4. The normalized spacial score (nSPS) is 13.5. The molecule has 0 aliphatic heterocycles. The van der Waals surface area contributed by atoms with E-state index in [2.05, 4.69) is 0 Å². The van der Waals surface area contributed by atoms with Crippen LogP contribution in [0.1, 0.15) is 38.9 Å². The van der Waals surface area contributed by atoms with Crippen molar-refractivity contribution in [1.29, 1.82) is 5.26 Å². The van der Waals surface area contributed by atoms with Crippen LogP contribution in [0.2, 0.25) is 0 Å². The predicted octanol–water partition coefficient (Wildman–Crippen LogP) is 15.5. The average molecular weight is 918 g/mol. The number of alkyl halides is 18. The molecule has 21 heteroatoms. The molecule has 330 valence electrons. The van der Waals surface area contributed by atoms with Crippen LogP contribution in [0.15, 0.2) is 103 Å². The number of rotatable bonds is 3. The summed E-state index contributed by atoms with van der Waals surface area (Å²) < 4.78 is 258. The smallest absolute Gasteiger partial charge is 0.309 e. The third-order valence-electron chi connectivity index (χ3n) is 10.5. The van der Waals surface area contributed by atoms with Crippen LogP contribution >= 0.6 is 0 Å². The van der Waals surface area contributed by atoms with Gasteiger partial charge >= 0.3 is 37.1 Å². The van der Waals surface area contributed by atoms with Crippen molar-refractivity contribution < 1.29 is 79.0 Å². The van der Waals surface area contributed by atoms with E-state index in [1.54, 1.807) is 6.07 Å². The second-order valence-electron chi connectivity index (χ2n) is 14.4. The number of hydrogen-bond donors (Lipinski definition) is 0. The minimum atomic E-state index is -5.56. The molecule has 0 radical (unpaired) electrons. The Morgan fingerprint density at radius 1 is 0.328 bits per heavy atom. The van der Waals surface area contributed by atoms with Gasteiger partial charge < -0.3 is 9.13 Å². The SMILES string of the molecule is N#Cc1cc(-n2c3cc(C(F)(F)F)ccc3c3ccc(C(F)(F)F)cc32)c(-c2cc(C(F)(F)F)cc(C(F)(F)F)c2)cc1-n1c2cc(C(F)(F)F)ccc2c2ccc(C(F)(F)F)cc21. The van der Waals surface area contributed by atoms with Gasteiger partial charge in [-0.2, -0.15) is 84.3 Å². The molecule has 64 heavy (non-hydrogen) atoms. The molecular formula is C43H17F18N3. The summed E-state index contributed by atoms with van der Waals surface area (Å²) in [5.41, 5.74) is -16.4. The topological polar surface area (TPSA) is 33.6 Å². The first-order valence-electron chi connectivity index (χ1n) is 17.8. The Hall–Kier alpha value is -6.85. The van der Waals surface area contributed by atoms with Gasteiger partial charge in [-0.15, -0.1) is 0 Å². The highest BCUT2D eigenvalue weighted by Gasteiger charge is 2.39. The van der Waals surface area contributed by atoms with E-state index in [9.17, 15) is 84.3 Å².